The molecule has 0 fully saturated rings. The number of hydrogen-bond donors (Lipinski definition) is 0. The zero-order valence-electron chi connectivity index (χ0n) is 24.0. The molecule has 204 valence electrons. The lowest BCUT2D eigenvalue weighted by Crippen LogP contribution is -2.04. The minimum Gasteiger partial charge on any atom is -0.261 e. The Bertz CT molecular complexity index is 1840. The van der Waals surface area contributed by atoms with Crippen molar-refractivity contribution in [1.29, 1.82) is 0 Å². The second kappa shape index (κ2) is 12.1. The number of aryl methyl sites for hydroxylation is 2. The standard InChI is InChI=1S/C38H32N4/c1-4-5-7-13-26(2)36-40-37(29-15-8-6-9-16-29)42-38(41-36)33-23-31(30-21-20-27(3)39-25-30)22-32(24-33)35-19-12-17-28-14-10-11-18-34(28)35/h4-11,13-16,18-25H,2,12,17H2,1,3H3/b5-4-,13-7-. The molecule has 2 heterocycles. The largest absolute Gasteiger partial charge is 0.261 e. The van der Waals surface area contributed by atoms with Crippen LogP contribution < -0.4 is 0 Å². The lowest BCUT2D eigenvalue weighted by atomic mass is 9.85. The van der Waals surface area contributed by atoms with Crippen molar-refractivity contribution < 1.29 is 0 Å². The maximum atomic E-state index is 5.00. The van der Waals surface area contributed by atoms with Crippen LogP contribution in [-0.2, 0) is 6.42 Å². The second-order valence-corrected chi connectivity index (χ2v) is 10.4. The first-order chi connectivity index (χ1) is 20.6. The lowest BCUT2D eigenvalue weighted by molar-refractivity contribution is 0.977. The zero-order chi connectivity index (χ0) is 28.9. The number of rotatable bonds is 7. The summed E-state index contributed by atoms with van der Waals surface area (Å²) in [6.45, 7) is 8.25. The summed E-state index contributed by atoms with van der Waals surface area (Å²) >= 11 is 0. The van der Waals surface area contributed by atoms with Crippen LogP contribution in [0, 0.1) is 6.92 Å². The van der Waals surface area contributed by atoms with Gasteiger partial charge in [-0.25, -0.2) is 15.0 Å². The van der Waals surface area contributed by atoms with Gasteiger partial charge in [0.05, 0.1) is 0 Å². The maximum Gasteiger partial charge on any atom is 0.164 e. The predicted molar refractivity (Wildman–Crippen MR) is 173 cm³/mol. The van der Waals surface area contributed by atoms with Crippen molar-refractivity contribution >= 4 is 11.1 Å². The average Bonchev–Trinajstić information content (AvgIpc) is 3.05. The van der Waals surface area contributed by atoms with Gasteiger partial charge in [-0.15, -0.1) is 0 Å². The van der Waals surface area contributed by atoms with E-state index in [1.165, 1.54) is 16.7 Å². The number of aromatic nitrogens is 4. The minimum atomic E-state index is 0.547. The molecule has 0 N–H and O–H groups in total. The van der Waals surface area contributed by atoms with E-state index in [0.717, 1.165) is 51.9 Å². The summed E-state index contributed by atoms with van der Waals surface area (Å²) in [5.74, 6) is 1.76. The summed E-state index contributed by atoms with van der Waals surface area (Å²) in [6.07, 6.45) is 14.2. The molecule has 2 aromatic heterocycles. The van der Waals surface area contributed by atoms with E-state index in [-0.39, 0.29) is 0 Å². The molecule has 0 radical (unpaired) electrons. The number of pyridine rings is 1. The molecule has 0 spiro atoms. The van der Waals surface area contributed by atoms with Crippen LogP contribution in [-0.4, -0.2) is 19.9 Å². The molecular weight excluding hydrogens is 512 g/mol. The van der Waals surface area contributed by atoms with Gasteiger partial charge in [-0.2, -0.15) is 0 Å². The van der Waals surface area contributed by atoms with Gasteiger partial charge >= 0.3 is 0 Å². The number of fused-ring (bicyclic) bond motifs is 1. The summed E-state index contributed by atoms with van der Waals surface area (Å²) in [5.41, 5.74) is 10.7. The van der Waals surface area contributed by atoms with E-state index in [9.17, 15) is 0 Å². The maximum absolute atomic E-state index is 5.00. The van der Waals surface area contributed by atoms with Gasteiger partial charge in [0.2, 0.25) is 0 Å². The summed E-state index contributed by atoms with van der Waals surface area (Å²) in [6, 6.07) is 29.5. The van der Waals surface area contributed by atoms with Crippen LogP contribution in [0.2, 0.25) is 0 Å². The Morgan fingerprint density at radius 1 is 0.738 bits per heavy atom. The Kier molecular flexibility index (Phi) is 7.78. The van der Waals surface area contributed by atoms with E-state index in [2.05, 4.69) is 66.2 Å². The molecule has 1 aliphatic rings. The lowest BCUT2D eigenvalue weighted by Gasteiger charge is -2.19. The molecule has 3 aromatic carbocycles. The molecule has 0 bridgehead atoms. The molecule has 0 unspecified atom stereocenters. The van der Waals surface area contributed by atoms with E-state index in [0.29, 0.717) is 17.5 Å². The quantitative estimate of drug-likeness (QED) is 0.192. The Morgan fingerprint density at radius 2 is 1.48 bits per heavy atom. The van der Waals surface area contributed by atoms with Crippen molar-refractivity contribution in [1.82, 2.24) is 19.9 Å². The van der Waals surface area contributed by atoms with E-state index in [4.69, 9.17) is 15.0 Å². The monoisotopic (exact) mass is 544 g/mol. The number of hydrogen-bond acceptors (Lipinski definition) is 4. The highest BCUT2D eigenvalue weighted by Crippen LogP contribution is 2.36. The molecule has 0 aliphatic heterocycles. The third-order valence-corrected chi connectivity index (χ3v) is 7.37. The minimum absolute atomic E-state index is 0.547. The highest BCUT2D eigenvalue weighted by molar-refractivity contribution is 5.87. The molecule has 0 atom stereocenters. The highest BCUT2D eigenvalue weighted by Gasteiger charge is 2.18. The van der Waals surface area contributed by atoms with Crippen LogP contribution in [0.25, 0.3) is 45.0 Å². The average molecular weight is 545 g/mol. The normalized spacial score (nSPS) is 12.9. The van der Waals surface area contributed by atoms with Crippen LogP contribution >= 0.6 is 0 Å². The molecule has 4 heteroatoms. The van der Waals surface area contributed by atoms with E-state index >= 15 is 0 Å². The van der Waals surface area contributed by atoms with Gasteiger partial charge in [0, 0.05) is 34.2 Å². The van der Waals surface area contributed by atoms with Gasteiger partial charge in [0.25, 0.3) is 0 Å². The van der Waals surface area contributed by atoms with E-state index in [1.54, 1.807) is 0 Å². The number of benzene rings is 3. The first-order valence-electron chi connectivity index (χ1n) is 14.3. The van der Waals surface area contributed by atoms with Gasteiger partial charge in [-0.3, -0.25) is 4.98 Å². The van der Waals surface area contributed by atoms with Crippen LogP contribution in [0.5, 0.6) is 0 Å². The third kappa shape index (κ3) is 5.79. The first kappa shape index (κ1) is 27.0. The topological polar surface area (TPSA) is 51.6 Å². The molecule has 0 saturated heterocycles. The Morgan fingerprint density at radius 3 is 2.26 bits per heavy atom. The highest BCUT2D eigenvalue weighted by atomic mass is 15.0. The third-order valence-electron chi connectivity index (χ3n) is 7.37. The Labute approximate surface area is 247 Å². The summed E-state index contributed by atoms with van der Waals surface area (Å²) in [7, 11) is 0. The first-order valence-corrected chi connectivity index (χ1v) is 14.3. The Hall–Kier alpha value is -5.22. The van der Waals surface area contributed by atoms with Gasteiger partial charge < -0.3 is 0 Å². The van der Waals surface area contributed by atoms with Crippen LogP contribution in [0.4, 0.5) is 0 Å². The molecule has 5 aromatic rings. The van der Waals surface area contributed by atoms with Gasteiger partial charge in [0.1, 0.15) is 0 Å². The molecule has 6 rings (SSSR count). The van der Waals surface area contributed by atoms with Crippen molar-refractivity contribution in [2.45, 2.75) is 26.7 Å². The summed E-state index contributed by atoms with van der Waals surface area (Å²) in [5, 5.41) is 0. The summed E-state index contributed by atoms with van der Waals surface area (Å²) in [4.78, 5) is 19.4. The molecule has 0 amide bonds. The fourth-order valence-electron chi connectivity index (χ4n) is 5.20. The molecule has 0 saturated carbocycles. The van der Waals surface area contributed by atoms with Gasteiger partial charge in [-0.05, 0) is 78.8 Å². The van der Waals surface area contributed by atoms with Crippen LogP contribution in [0.15, 0.2) is 128 Å². The second-order valence-electron chi connectivity index (χ2n) is 10.4. The molecular formula is C38H32N4. The van der Waals surface area contributed by atoms with Crippen molar-refractivity contribution in [2.75, 3.05) is 0 Å². The van der Waals surface area contributed by atoms with Crippen molar-refractivity contribution in [3.8, 4) is 33.9 Å². The number of nitrogens with zero attached hydrogens (tertiary/aromatic N) is 4. The molecule has 1 aliphatic carbocycles. The van der Waals surface area contributed by atoms with Crippen molar-refractivity contribution in [2.24, 2.45) is 0 Å². The molecule has 4 nitrogen and oxygen atoms in total. The SMILES string of the molecule is C=C(/C=C\C=C/C)c1nc(-c2ccccc2)nc(-c2cc(C3=CCCc4ccccc43)cc(-c3ccc(C)nc3)c2)n1. The van der Waals surface area contributed by atoms with Crippen molar-refractivity contribution in [3.05, 3.63) is 156 Å². The van der Waals surface area contributed by atoms with E-state index < -0.39 is 0 Å². The van der Waals surface area contributed by atoms with Crippen LogP contribution in [0.1, 0.15) is 41.6 Å². The van der Waals surface area contributed by atoms with Crippen LogP contribution in [0.3, 0.4) is 0 Å². The number of allylic oxidation sites excluding steroid dienone is 6. The fourth-order valence-corrected chi connectivity index (χ4v) is 5.20. The van der Waals surface area contributed by atoms with Gasteiger partial charge in [-0.1, -0.05) is 97.6 Å². The Balaban J connectivity index is 1.56. The van der Waals surface area contributed by atoms with E-state index in [1.807, 2.05) is 80.7 Å². The zero-order valence-corrected chi connectivity index (χ0v) is 24.0. The predicted octanol–water partition coefficient (Wildman–Crippen LogP) is 9.10. The fraction of sp³-hybridized carbons (Fsp3) is 0.105. The smallest absolute Gasteiger partial charge is 0.164 e. The van der Waals surface area contributed by atoms with Gasteiger partial charge in [0.15, 0.2) is 17.5 Å². The molecule has 42 heavy (non-hydrogen) atoms. The summed E-state index contributed by atoms with van der Waals surface area (Å²) < 4.78 is 0. The van der Waals surface area contributed by atoms with Crippen molar-refractivity contribution in [3.63, 3.8) is 0 Å².